The van der Waals surface area contributed by atoms with Gasteiger partial charge in [-0.25, -0.2) is 0 Å². The molecule has 2 aliphatic heterocycles. The molecule has 2 saturated heterocycles. The largest absolute Gasteiger partial charge is 0.371 e. The SMILES string of the molecule is CC[C@@]12CO[C@@H](O1)[C@@H](N)[C@@H](OCc1ccccc1)[C@H]2C. The van der Waals surface area contributed by atoms with Crippen molar-refractivity contribution >= 4 is 0 Å². The van der Waals surface area contributed by atoms with Crippen LogP contribution in [0.15, 0.2) is 30.3 Å². The molecule has 2 N–H and O–H groups in total. The number of nitrogens with two attached hydrogens (primary N) is 1. The molecule has 0 spiro atoms. The highest BCUT2D eigenvalue weighted by molar-refractivity contribution is 5.13. The van der Waals surface area contributed by atoms with Crippen molar-refractivity contribution in [3.8, 4) is 0 Å². The Morgan fingerprint density at radius 2 is 2.10 bits per heavy atom. The molecule has 3 rings (SSSR count). The van der Waals surface area contributed by atoms with Crippen LogP contribution < -0.4 is 5.73 Å². The van der Waals surface area contributed by atoms with Crippen molar-refractivity contribution in [2.24, 2.45) is 11.7 Å². The summed E-state index contributed by atoms with van der Waals surface area (Å²) < 4.78 is 17.8. The first-order valence-electron chi connectivity index (χ1n) is 7.37. The maximum absolute atomic E-state index is 6.25. The van der Waals surface area contributed by atoms with Gasteiger partial charge in [0.2, 0.25) is 0 Å². The zero-order valence-corrected chi connectivity index (χ0v) is 12.1. The second-order valence-corrected chi connectivity index (χ2v) is 5.84. The summed E-state index contributed by atoms with van der Waals surface area (Å²) in [6.07, 6.45) is 0.561. The minimum Gasteiger partial charge on any atom is -0.371 e. The second kappa shape index (κ2) is 5.45. The fraction of sp³-hybridized carbons (Fsp3) is 0.625. The standard InChI is InChI=1S/C16H23NO3/c1-3-16-10-19-15(20-16)13(17)14(11(16)2)18-9-12-7-5-4-6-8-12/h4-8,11,13-15H,3,9-10,17H2,1-2H3/t11-,13+,14+,15+,16+/m1/s1. The number of ether oxygens (including phenoxy) is 3. The first-order valence-corrected chi connectivity index (χ1v) is 7.37. The molecule has 0 aliphatic carbocycles. The molecule has 5 atom stereocenters. The van der Waals surface area contributed by atoms with Crippen LogP contribution in [0, 0.1) is 5.92 Å². The molecule has 0 aromatic heterocycles. The summed E-state index contributed by atoms with van der Waals surface area (Å²) in [5.41, 5.74) is 7.18. The molecule has 0 radical (unpaired) electrons. The number of fused-ring (bicyclic) bond motifs is 2. The van der Waals surface area contributed by atoms with Crippen LogP contribution in [0.4, 0.5) is 0 Å². The van der Waals surface area contributed by atoms with Crippen molar-refractivity contribution in [2.75, 3.05) is 6.61 Å². The lowest BCUT2D eigenvalue weighted by atomic mass is 9.79. The summed E-state index contributed by atoms with van der Waals surface area (Å²) in [4.78, 5) is 0. The minimum atomic E-state index is -0.327. The molecule has 110 valence electrons. The van der Waals surface area contributed by atoms with Gasteiger partial charge in [0.05, 0.1) is 31.0 Å². The lowest BCUT2D eigenvalue weighted by molar-refractivity contribution is -0.207. The molecule has 1 aromatic rings. The first kappa shape index (κ1) is 14.0. The van der Waals surface area contributed by atoms with Crippen molar-refractivity contribution in [3.05, 3.63) is 35.9 Å². The van der Waals surface area contributed by atoms with Crippen molar-refractivity contribution in [1.82, 2.24) is 0 Å². The van der Waals surface area contributed by atoms with E-state index in [4.69, 9.17) is 19.9 Å². The van der Waals surface area contributed by atoms with Crippen LogP contribution in [0.5, 0.6) is 0 Å². The van der Waals surface area contributed by atoms with Crippen molar-refractivity contribution < 1.29 is 14.2 Å². The van der Waals surface area contributed by atoms with Gasteiger partial charge in [0.1, 0.15) is 0 Å². The van der Waals surface area contributed by atoms with Gasteiger partial charge in [-0.05, 0) is 12.0 Å². The van der Waals surface area contributed by atoms with E-state index in [-0.39, 0.29) is 30.0 Å². The lowest BCUT2D eigenvalue weighted by Crippen LogP contribution is -2.60. The lowest BCUT2D eigenvalue weighted by Gasteiger charge is -2.44. The van der Waals surface area contributed by atoms with E-state index in [2.05, 4.69) is 26.0 Å². The van der Waals surface area contributed by atoms with Crippen molar-refractivity contribution in [1.29, 1.82) is 0 Å². The van der Waals surface area contributed by atoms with Crippen LogP contribution in [0.25, 0.3) is 0 Å². The highest BCUT2D eigenvalue weighted by atomic mass is 16.7. The predicted octanol–water partition coefficient (Wildman–Crippen LogP) is 2.07. The average Bonchev–Trinajstić information content (AvgIpc) is 2.90. The highest BCUT2D eigenvalue weighted by Crippen LogP contribution is 2.43. The Morgan fingerprint density at radius 1 is 1.35 bits per heavy atom. The van der Waals surface area contributed by atoms with Gasteiger partial charge < -0.3 is 19.9 Å². The molecule has 0 unspecified atom stereocenters. The quantitative estimate of drug-likeness (QED) is 0.915. The fourth-order valence-electron chi connectivity index (χ4n) is 3.27. The van der Waals surface area contributed by atoms with Crippen LogP contribution in [0.3, 0.4) is 0 Å². The van der Waals surface area contributed by atoms with Crippen LogP contribution in [-0.2, 0) is 20.8 Å². The molecule has 0 amide bonds. The predicted molar refractivity (Wildman–Crippen MR) is 76.0 cm³/mol. The van der Waals surface area contributed by atoms with Gasteiger partial charge in [-0.15, -0.1) is 0 Å². The molecule has 4 nitrogen and oxygen atoms in total. The molecule has 2 bridgehead atoms. The van der Waals surface area contributed by atoms with E-state index < -0.39 is 0 Å². The molecule has 0 saturated carbocycles. The van der Waals surface area contributed by atoms with E-state index >= 15 is 0 Å². The Bertz CT molecular complexity index is 452. The van der Waals surface area contributed by atoms with E-state index in [1.807, 2.05) is 18.2 Å². The van der Waals surface area contributed by atoms with E-state index in [1.165, 1.54) is 0 Å². The van der Waals surface area contributed by atoms with Crippen molar-refractivity contribution in [3.63, 3.8) is 0 Å². The maximum atomic E-state index is 6.25. The smallest absolute Gasteiger partial charge is 0.176 e. The monoisotopic (exact) mass is 277 g/mol. The van der Waals surface area contributed by atoms with E-state index in [1.54, 1.807) is 0 Å². The molecular weight excluding hydrogens is 254 g/mol. The summed E-state index contributed by atoms with van der Waals surface area (Å²) in [6.45, 7) is 5.49. The fourth-order valence-corrected chi connectivity index (χ4v) is 3.27. The number of hydrogen-bond acceptors (Lipinski definition) is 4. The van der Waals surface area contributed by atoms with Gasteiger partial charge in [0.25, 0.3) is 0 Å². The third-order valence-electron chi connectivity index (χ3n) is 4.74. The molecule has 2 heterocycles. The van der Waals surface area contributed by atoms with Crippen molar-refractivity contribution in [2.45, 2.75) is 50.9 Å². The van der Waals surface area contributed by atoms with Gasteiger partial charge in [0, 0.05) is 5.92 Å². The molecule has 2 fully saturated rings. The third-order valence-corrected chi connectivity index (χ3v) is 4.74. The summed E-state index contributed by atoms with van der Waals surface area (Å²) in [5, 5.41) is 0. The molecular formula is C16H23NO3. The van der Waals surface area contributed by atoms with Gasteiger partial charge in [-0.3, -0.25) is 0 Å². The Hall–Kier alpha value is -0.940. The van der Waals surface area contributed by atoms with Crippen LogP contribution in [0.2, 0.25) is 0 Å². The summed E-state index contributed by atoms with van der Waals surface area (Å²) in [5.74, 6) is 0.227. The number of rotatable bonds is 4. The van der Waals surface area contributed by atoms with E-state index in [0.717, 1.165) is 12.0 Å². The minimum absolute atomic E-state index is 0.0311. The Kier molecular flexibility index (Phi) is 3.82. The van der Waals surface area contributed by atoms with Gasteiger partial charge in [-0.1, -0.05) is 44.2 Å². The highest BCUT2D eigenvalue weighted by Gasteiger charge is 2.56. The van der Waals surface area contributed by atoms with Gasteiger partial charge in [0.15, 0.2) is 6.29 Å². The molecule has 2 aliphatic rings. The van der Waals surface area contributed by atoms with Gasteiger partial charge in [-0.2, -0.15) is 0 Å². The first-order chi connectivity index (χ1) is 9.66. The van der Waals surface area contributed by atoms with Crippen LogP contribution >= 0.6 is 0 Å². The van der Waals surface area contributed by atoms with Crippen LogP contribution in [0.1, 0.15) is 25.8 Å². The zero-order chi connectivity index (χ0) is 14.2. The Morgan fingerprint density at radius 3 is 2.80 bits per heavy atom. The molecule has 1 aromatic carbocycles. The van der Waals surface area contributed by atoms with E-state index in [9.17, 15) is 0 Å². The average molecular weight is 277 g/mol. The summed E-state index contributed by atoms with van der Waals surface area (Å²) in [6, 6.07) is 9.95. The number of benzene rings is 1. The summed E-state index contributed by atoms with van der Waals surface area (Å²) in [7, 11) is 0. The molecule has 4 heteroatoms. The third kappa shape index (κ3) is 2.27. The second-order valence-electron chi connectivity index (χ2n) is 5.84. The Labute approximate surface area is 120 Å². The van der Waals surface area contributed by atoms with Crippen LogP contribution in [-0.4, -0.2) is 30.6 Å². The topological polar surface area (TPSA) is 53.7 Å². The zero-order valence-electron chi connectivity index (χ0n) is 12.1. The normalized spacial score (nSPS) is 40.0. The molecule has 20 heavy (non-hydrogen) atoms. The number of hydrogen-bond donors (Lipinski definition) is 1. The summed E-state index contributed by atoms with van der Waals surface area (Å²) >= 11 is 0. The maximum Gasteiger partial charge on any atom is 0.176 e. The van der Waals surface area contributed by atoms with E-state index in [0.29, 0.717) is 13.2 Å². The Balaban J connectivity index is 1.72. The van der Waals surface area contributed by atoms with Gasteiger partial charge >= 0.3 is 0 Å².